The van der Waals surface area contributed by atoms with Crippen LogP contribution in [0.2, 0.25) is 0 Å². The van der Waals surface area contributed by atoms with Gasteiger partial charge in [-0.3, -0.25) is 0 Å². The summed E-state index contributed by atoms with van der Waals surface area (Å²) in [6.07, 6.45) is 25.2. The van der Waals surface area contributed by atoms with Crippen LogP contribution in [0.4, 0.5) is 4.79 Å². The van der Waals surface area contributed by atoms with Crippen molar-refractivity contribution in [3.8, 4) is 0 Å². The van der Waals surface area contributed by atoms with E-state index >= 15 is 0 Å². The normalized spacial score (nSPS) is 13.4. The highest BCUT2D eigenvalue weighted by atomic mass is 35.6. The summed E-state index contributed by atoms with van der Waals surface area (Å²) in [5.74, 6) is -1.61. The molecule has 6 nitrogen and oxygen atoms in total. The quantitative estimate of drug-likeness (QED) is 0.0736. The van der Waals surface area contributed by atoms with Crippen molar-refractivity contribution in [1.82, 2.24) is 0 Å². The van der Waals surface area contributed by atoms with E-state index in [0.717, 1.165) is 19.3 Å². The minimum Gasteiger partial charge on any atom is -0.456 e. The summed E-state index contributed by atoms with van der Waals surface area (Å²) >= 11 is 15.7. The van der Waals surface area contributed by atoms with Crippen molar-refractivity contribution in [3.63, 3.8) is 0 Å². The van der Waals surface area contributed by atoms with Crippen LogP contribution in [-0.4, -0.2) is 27.0 Å². The van der Waals surface area contributed by atoms with Crippen LogP contribution in [0.25, 0.3) is 0 Å². The third-order valence-electron chi connectivity index (χ3n) is 5.89. The number of carbonyl (C=O) groups is 2. The van der Waals surface area contributed by atoms with Crippen LogP contribution in [0, 0.1) is 0 Å². The molecule has 0 aromatic rings. The number of carbonyl (C=O) groups excluding carboxylic acids is 2. The fourth-order valence-corrected chi connectivity index (χ4v) is 4.77. The molecule has 0 saturated heterocycles. The molecule has 10 heteroatoms. The van der Waals surface area contributed by atoms with E-state index in [4.69, 9.17) is 39.5 Å². The van der Waals surface area contributed by atoms with Crippen LogP contribution in [0.15, 0.2) is 0 Å². The number of unbranched alkanes of at least 4 members (excludes halogenated alkanes) is 19. The van der Waals surface area contributed by atoms with E-state index in [1.807, 2.05) is 0 Å². The maximum absolute atomic E-state index is 11.7. The van der Waals surface area contributed by atoms with Gasteiger partial charge in [0.1, 0.15) is 0 Å². The molecule has 0 aromatic heterocycles. The van der Waals surface area contributed by atoms with Crippen molar-refractivity contribution in [2.75, 3.05) is 6.61 Å². The molecule has 0 aliphatic heterocycles. The molecular formula is C25H46Cl3O6P. The zero-order valence-electron chi connectivity index (χ0n) is 21.4. The van der Waals surface area contributed by atoms with Gasteiger partial charge >= 0.3 is 19.3 Å². The highest BCUT2D eigenvalue weighted by molar-refractivity contribution is 7.70. The van der Waals surface area contributed by atoms with Crippen molar-refractivity contribution in [2.24, 2.45) is 0 Å². The molecule has 0 aliphatic carbocycles. The number of hydrogen-bond acceptors (Lipinski definition) is 5. The second kappa shape index (κ2) is 22.0. The Bertz CT molecular complexity index is 598. The number of rotatable bonds is 23. The van der Waals surface area contributed by atoms with Crippen LogP contribution >= 0.6 is 42.4 Å². The van der Waals surface area contributed by atoms with Crippen LogP contribution in [0.3, 0.4) is 0 Å². The smallest absolute Gasteiger partial charge is 0.456 e. The Labute approximate surface area is 227 Å². The maximum Gasteiger partial charge on any atom is 0.487 e. The highest BCUT2D eigenvalue weighted by Gasteiger charge is 2.43. The number of ether oxygens (including phenoxy) is 1. The molecule has 208 valence electrons. The zero-order chi connectivity index (χ0) is 26.4. The summed E-state index contributed by atoms with van der Waals surface area (Å²) in [5.41, 5.74) is -1.53. The van der Waals surface area contributed by atoms with Crippen molar-refractivity contribution >= 4 is 54.1 Å². The van der Waals surface area contributed by atoms with Crippen molar-refractivity contribution in [2.45, 2.75) is 139 Å². The van der Waals surface area contributed by atoms with E-state index in [1.165, 1.54) is 103 Å². The molecule has 0 aromatic carbocycles. The monoisotopic (exact) mass is 578 g/mol. The van der Waals surface area contributed by atoms with E-state index in [1.54, 1.807) is 0 Å². The third-order valence-corrected chi connectivity index (χ3v) is 7.36. The SMILES string of the molecule is CCCCCCCCCCCCCCCCCCCCCCOC(=O)P(=O)(O)OC(=O)C(Cl)(Cl)Cl. The van der Waals surface area contributed by atoms with Crippen molar-refractivity contribution in [3.05, 3.63) is 0 Å². The minimum atomic E-state index is -5.00. The summed E-state index contributed by atoms with van der Waals surface area (Å²) in [7, 11) is -5.00. The minimum absolute atomic E-state index is 0.0341. The highest BCUT2D eigenvalue weighted by Crippen LogP contribution is 2.47. The second-order valence-electron chi connectivity index (χ2n) is 9.23. The molecule has 0 radical (unpaired) electrons. The lowest BCUT2D eigenvalue weighted by atomic mass is 10.0. The van der Waals surface area contributed by atoms with Crippen molar-refractivity contribution < 1.29 is 28.3 Å². The zero-order valence-corrected chi connectivity index (χ0v) is 24.6. The van der Waals surface area contributed by atoms with Gasteiger partial charge in [-0.15, -0.1) is 0 Å². The Kier molecular flexibility index (Phi) is 22.0. The van der Waals surface area contributed by atoms with E-state index < -0.39 is 23.1 Å². The number of halogens is 3. The number of hydrogen-bond donors (Lipinski definition) is 1. The Morgan fingerprint density at radius 1 is 0.657 bits per heavy atom. The van der Waals surface area contributed by atoms with Crippen LogP contribution < -0.4 is 0 Å². The van der Waals surface area contributed by atoms with Gasteiger partial charge in [0.25, 0.3) is 3.79 Å². The van der Waals surface area contributed by atoms with E-state index in [0.29, 0.717) is 6.42 Å². The molecule has 0 spiro atoms. The molecule has 1 atom stereocenters. The summed E-state index contributed by atoms with van der Waals surface area (Å²) in [4.78, 5) is 32.3. The topological polar surface area (TPSA) is 89.9 Å². The van der Waals surface area contributed by atoms with Crippen LogP contribution in [0.1, 0.15) is 135 Å². The van der Waals surface area contributed by atoms with Gasteiger partial charge in [0.15, 0.2) is 0 Å². The first-order valence-corrected chi connectivity index (χ1v) is 16.1. The molecule has 0 heterocycles. The lowest BCUT2D eigenvalue weighted by Gasteiger charge is -2.14. The fraction of sp³-hybridized carbons (Fsp3) is 0.920. The number of alkyl halides is 3. The van der Waals surface area contributed by atoms with Gasteiger partial charge in [-0.05, 0) is 6.42 Å². The summed E-state index contributed by atoms with van der Waals surface area (Å²) in [6, 6.07) is 0. The van der Waals surface area contributed by atoms with Gasteiger partial charge in [0, 0.05) is 0 Å². The third kappa shape index (κ3) is 21.8. The molecule has 0 saturated carbocycles. The van der Waals surface area contributed by atoms with E-state index in [2.05, 4.69) is 11.4 Å². The lowest BCUT2D eigenvalue weighted by Crippen LogP contribution is -2.22. The van der Waals surface area contributed by atoms with E-state index in [-0.39, 0.29) is 6.61 Å². The Morgan fingerprint density at radius 2 is 0.971 bits per heavy atom. The maximum atomic E-state index is 11.7. The predicted octanol–water partition coefficient (Wildman–Crippen LogP) is 10.0. The van der Waals surface area contributed by atoms with E-state index in [9.17, 15) is 19.0 Å². The Morgan fingerprint density at radius 3 is 1.29 bits per heavy atom. The molecule has 1 N–H and O–H groups in total. The van der Waals surface area contributed by atoms with Crippen molar-refractivity contribution in [1.29, 1.82) is 0 Å². The van der Waals surface area contributed by atoms with Crippen LogP contribution in [0.5, 0.6) is 0 Å². The summed E-state index contributed by atoms with van der Waals surface area (Å²) in [6.45, 7) is 2.23. The molecule has 0 bridgehead atoms. The molecular weight excluding hydrogens is 534 g/mol. The first-order chi connectivity index (χ1) is 16.6. The predicted molar refractivity (Wildman–Crippen MR) is 146 cm³/mol. The van der Waals surface area contributed by atoms with Gasteiger partial charge < -0.3 is 14.2 Å². The lowest BCUT2D eigenvalue weighted by molar-refractivity contribution is -0.133. The average Bonchev–Trinajstić information content (AvgIpc) is 2.79. The summed E-state index contributed by atoms with van der Waals surface area (Å²) in [5, 5.41) is 0. The van der Waals surface area contributed by atoms with Gasteiger partial charge in [0.05, 0.1) is 6.61 Å². The first-order valence-electron chi connectivity index (χ1n) is 13.4. The first kappa shape index (κ1) is 35.0. The van der Waals surface area contributed by atoms with Gasteiger partial charge in [-0.25, -0.2) is 14.2 Å². The molecule has 0 rings (SSSR count). The molecule has 1 unspecified atom stereocenters. The van der Waals surface area contributed by atoms with Gasteiger partial charge in [-0.2, -0.15) is 0 Å². The standard InChI is InChI=1S/C25H46Cl3O6P/c1-2-3-4-5-6-7-8-9-10-11-12-13-14-15-16-17-18-19-20-21-22-33-24(30)35(31,32)34-23(29)25(26,27)28/h2-22H2,1H3,(H,31,32). The molecule has 0 aliphatic rings. The largest absolute Gasteiger partial charge is 0.487 e. The fourth-order valence-electron chi connectivity index (χ4n) is 3.80. The molecule has 0 fully saturated rings. The average molecular weight is 580 g/mol. The Hall–Kier alpha value is -0.000000000000000111. The second-order valence-corrected chi connectivity index (χ2v) is 13.1. The Balaban J connectivity index is 3.41. The molecule has 35 heavy (non-hydrogen) atoms. The van der Waals surface area contributed by atoms with Crippen LogP contribution in [-0.2, 0) is 18.6 Å². The van der Waals surface area contributed by atoms with Gasteiger partial charge in [0.2, 0.25) is 0 Å². The summed E-state index contributed by atoms with van der Waals surface area (Å²) < 4.78 is 17.9. The van der Waals surface area contributed by atoms with Gasteiger partial charge in [-0.1, -0.05) is 164 Å². The molecule has 0 amide bonds.